The molecule has 0 amide bonds. The molecule has 1 saturated heterocycles. The van der Waals surface area contributed by atoms with Gasteiger partial charge in [-0.25, -0.2) is 0 Å². The van der Waals surface area contributed by atoms with Crippen LogP contribution >= 0.6 is 0 Å². The molecule has 1 aromatic heterocycles. The molecule has 2 fully saturated rings. The zero-order valence-corrected chi connectivity index (χ0v) is 12.1. The number of rotatable bonds is 5. The molecule has 2 aliphatic rings. The van der Waals surface area contributed by atoms with Gasteiger partial charge in [0.05, 0.1) is 23.9 Å². The van der Waals surface area contributed by atoms with Crippen LogP contribution in [-0.2, 0) is 11.2 Å². The van der Waals surface area contributed by atoms with Crippen molar-refractivity contribution in [2.24, 2.45) is 5.84 Å². The second-order valence-corrected chi connectivity index (χ2v) is 6.11. The highest BCUT2D eigenvalue weighted by atomic mass is 16.5. The van der Waals surface area contributed by atoms with Crippen molar-refractivity contribution in [3.63, 3.8) is 0 Å². The molecule has 5 heteroatoms. The number of nitrogens with one attached hydrogen (secondary N) is 1. The van der Waals surface area contributed by atoms with E-state index in [0.29, 0.717) is 6.04 Å². The van der Waals surface area contributed by atoms with Gasteiger partial charge in [-0.15, -0.1) is 0 Å². The highest BCUT2D eigenvalue weighted by Gasteiger charge is 2.25. The molecule has 0 spiro atoms. The zero-order valence-electron chi connectivity index (χ0n) is 12.1. The van der Waals surface area contributed by atoms with Gasteiger partial charge in [0.1, 0.15) is 0 Å². The summed E-state index contributed by atoms with van der Waals surface area (Å²) in [6, 6.07) is 2.91. The van der Waals surface area contributed by atoms with Crippen LogP contribution in [-0.4, -0.2) is 28.5 Å². The summed E-state index contributed by atoms with van der Waals surface area (Å²) in [5.74, 6) is 5.72. The smallest absolute Gasteiger partial charge is 0.0745 e. The zero-order chi connectivity index (χ0) is 13.8. The van der Waals surface area contributed by atoms with Crippen molar-refractivity contribution >= 4 is 0 Å². The highest BCUT2D eigenvalue weighted by Crippen LogP contribution is 2.29. The van der Waals surface area contributed by atoms with E-state index in [1.54, 1.807) is 0 Å². The van der Waals surface area contributed by atoms with Crippen LogP contribution in [0.2, 0.25) is 0 Å². The number of ether oxygens (including phenoxy) is 1. The van der Waals surface area contributed by atoms with Gasteiger partial charge < -0.3 is 4.74 Å². The Hall–Kier alpha value is -0.910. The quantitative estimate of drug-likeness (QED) is 0.638. The molecular formula is C15H26N4O. The first-order valence-corrected chi connectivity index (χ1v) is 7.98. The third-order valence-electron chi connectivity index (χ3n) is 4.67. The standard InChI is InChI=1S/C15H26N4O/c16-17-14(15-7-3-4-10-20-15)11-12-8-9-19(18-12)13-5-1-2-6-13/h8-9,13-15,17H,1-7,10-11,16H2. The Morgan fingerprint density at radius 1 is 1.30 bits per heavy atom. The number of hydrazine groups is 1. The maximum atomic E-state index is 5.83. The van der Waals surface area contributed by atoms with E-state index in [9.17, 15) is 0 Å². The van der Waals surface area contributed by atoms with Gasteiger partial charge in [-0.2, -0.15) is 5.10 Å². The van der Waals surface area contributed by atoms with Gasteiger partial charge in [-0.05, 0) is 38.2 Å². The van der Waals surface area contributed by atoms with Crippen LogP contribution in [0.5, 0.6) is 0 Å². The van der Waals surface area contributed by atoms with E-state index in [1.807, 2.05) is 0 Å². The molecule has 2 unspecified atom stereocenters. The fourth-order valence-corrected chi connectivity index (χ4v) is 3.46. The van der Waals surface area contributed by atoms with Crippen molar-refractivity contribution in [1.29, 1.82) is 0 Å². The summed E-state index contributed by atoms with van der Waals surface area (Å²) in [5.41, 5.74) is 4.04. The molecule has 1 saturated carbocycles. The Kier molecular flexibility index (Phi) is 4.70. The third-order valence-corrected chi connectivity index (χ3v) is 4.67. The molecule has 0 radical (unpaired) electrons. The molecule has 2 heterocycles. The summed E-state index contributed by atoms with van der Waals surface area (Å²) in [6.45, 7) is 0.860. The molecular weight excluding hydrogens is 252 g/mol. The number of nitrogens with zero attached hydrogens (tertiary/aromatic N) is 2. The van der Waals surface area contributed by atoms with E-state index in [1.165, 1.54) is 38.5 Å². The van der Waals surface area contributed by atoms with Gasteiger partial charge in [0.2, 0.25) is 0 Å². The minimum absolute atomic E-state index is 0.169. The SMILES string of the molecule is NNC(Cc1ccn(C2CCCC2)n1)C1CCCCO1. The number of hydrogen-bond acceptors (Lipinski definition) is 4. The molecule has 1 aromatic rings. The maximum absolute atomic E-state index is 5.83. The molecule has 1 aliphatic heterocycles. The summed E-state index contributed by atoms with van der Waals surface area (Å²) in [4.78, 5) is 0. The van der Waals surface area contributed by atoms with Gasteiger partial charge >= 0.3 is 0 Å². The second-order valence-electron chi connectivity index (χ2n) is 6.11. The van der Waals surface area contributed by atoms with Crippen molar-refractivity contribution in [2.75, 3.05) is 6.61 Å². The first-order chi connectivity index (χ1) is 9.86. The normalized spacial score (nSPS) is 25.9. The highest BCUT2D eigenvalue weighted by molar-refractivity contribution is 5.04. The van der Waals surface area contributed by atoms with Gasteiger partial charge in [0.25, 0.3) is 0 Å². The summed E-state index contributed by atoms with van der Waals surface area (Å²) in [7, 11) is 0. The van der Waals surface area contributed by atoms with Crippen molar-refractivity contribution < 1.29 is 4.74 Å². The summed E-state index contributed by atoms with van der Waals surface area (Å²) in [6.07, 6.45) is 11.9. The van der Waals surface area contributed by atoms with Crippen LogP contribution in [0, 0.1) is 0 Å². The first kappa shape index (κ1) is 14.0. The minimum Gasteiger partial charge on any atom is -0.377 e. The number of aromatic nitrogens is 2. The van der Waals surface area contributed by atoms with Crippen LogP contribution in [0.25, 0.3) is 0 Å². The predicted octanol–water partition coefficient (Wildman–Crippen LogP) is 1.94. The topological polar surface area (TPSA) is 65.1 Å². The van der Waals surface area contributed by atoms with E-state index in [-0.39, 0.29) is 12.1 Å². The lowest BCUT2D eigenvalue weighted by Gasteiger charge is -2.29. The minimum atomic E-state index is 0.169. The Morgan fingerprint density at radius 2 is 2.10 bits per heavy atom. The summed E-state index contributed by atoms with van der Waals surface area (Å²) >= 11 is 0. The van der Waals surface area contributed by atoms with Crippen LogP contribution in [0.4, 0.5) is 0 Å². The van der Waals surface area contributed by atoms with Gasteiger partial charge in [0.15, 0.2) is 0 Å². The summed E-state index contributed by atoms with van der Waals surface area (Å²) in [5, 5.41) is 4.74. The van der Waals surface area contributed by atoms with E-state index < -0.39 is 0 Å². The van der Waals surface area contributed by atoms with Crippen molar-refractivity contribution in [1.82, 2.24) is 15.2 Å². The van der Waals surface area contributed by atoms with E-state index in [4.69, 9.17) is 15.7 Å². The third kappa shape index (κ3) is 3.22. The Balaban J connectivity index is 1.60. The van der Waals surface area contributed by atoms with Gasteiger partial charge in [-0.3, -0.25) is 16.0 Å². The molecule has 112 valence electrons. The van der Waals surface area contributed by atoms with E-state index >= 15 is 0 Å². The molecule has 1 aliphatic carbocycles. The summed E-state index contributed by atoms with van der Waals surface area (Å²) < 4.78 is 7.98. The number of hydrogen-bond donors (Lipinski definition) is 2. The van der Waals surface area contributed by atoms with Crippen molar-refractivity contribution in [2.45, 2.75) is 69.6 Å². The van der Waals surface area contributed by atoms with Crippen LogP contribution in [0.3, 0.4) is 0 Å². The average molecular weight is 278 g/mol. The molecule has 2 atom stereocenters. The molecule has 3 rings (SSSR count). The average Bonchev–Trinajstić information content (AvgIpc) is 3.16. The van der Waals surface area contributed by atoms with E-state index in [0.717, 1.165) is 25.1 Å². The maximum Gasteiger partial charge on any atom is 0.0745 e. The van der Waals surface area contributed by atoms with Crippen molar-refractivity contribution in [3.8, 4) is 0 Å². The van der Waals surface area contributed by atoms with Crippen LogP contribution in [0.15, 0.2) is 12.3 Å². The molecule has 5 nitrogen and oxygen atoms in total. The second kappa shape index (κ2) is 6.70. The Labute approximate surface area is 120 Å². The van der Waals surface area contributed by atoms with Gasteiger partial charge in [0, 0.05) is 19.2 Å². The fraction of sp³-hybridized carbons (Fsp3) is 0.800. The molecule has 0 aromatic carbocycles. The number of nitrogens with two attached hydrogens (primary N) is 1. The fourth-order valence-electron chi connectivity index (χ4n) is 3.46. The van der Waals surface area contributed by atoms with Crippen molar-refractivity contribution in [3.05, 3.63) is 18.0 Å². The molecule has 20 heavy (non-hydrogen) atoms. The first-order valence-electron chi connectivity index (χ1n) is 7.98. The largest absolute Gasteiger partial charge is 0.377 e. The molecule has 3 N–H and O–H groups in total. The van der Waals surface area contributed by atoms with Gasteiger partial charge in [-0.1, -0.05) is 12.8 Å². The molecule has 0 bridgehead atoms. The van der Waals surface area contributed by atoms with Crippen LogP contribution in [0.1, 0.15) is 56.7 Å². The lowest BCUT2D eigenvalue weighted by molar-refractivity contribution is -0.00766. The monoisotopic (exact) mass is 278 g/mol. The Morgan fingerprint density at radius 3 is 2.80 bits per heavy atom. The van der Waals surface area contributed by atoms with E-state index in [2.05, 4.69) is 22.4 Å². The lowest BCUT2D eigenvalue weighted by atomic mass is 9.99. The lowest BCUT2D eigenvalue weighted by Crippen LogP contribution is -2.47. The Bertz CT molecular complexity index is 408. The van der Waals surface area contributed by atoms with Crippen LogP contribution < -0.4 is 11.3 Å². The predicted molar refractivity (Wildman–Crippen MR) is 78.1 cm³/mol.